The van der Waals surface area contributed by atoms with Crippen LogP contribution < -0.4 is 5.32 Å². The summed E-state index contributed by atoms with van der Waals surface area (Å²) in [5.41, 5.74) is -1.42. The van der Waals surface area contributed by atoms with E-state index in [4.69, 9.17) is 5.11 Å². The van der Waals surface area contributed by atoms with Gasteiger partial charge < -0.3 is 10.4 Å². The fourth-order valence-corrected chi connectivity index (χ4v) is 2.50. The summed E-state index contributed by atoms with van der Waals surface area (Å²) in [6.45, 7) is 0. The van der Waals surface area contributed by atoms with E-state index in [1.54, 1.807) is 0 Å². The number of rotatable bonds is 4. The van der Waals surface area contributed by atoms with Gasteiger partial charge in [0.1, 0.15) is 5.54 Å². The van der Waals surface area contributed by atoms with Crippen LogP contribution >= 0.6 is 15.9 Å². The molecule has 20 heavy (non-hydrogen) atoms. The molecule has 1 aliphatic carbocycles. The first-order chi connectivity index (χ1) is 9.34. The van der Waals surface area contributed by atoms with Crippen LogP contribution in [0, 0.1) is 10.1 Å². The van der Waals surface area contributed by atoms with Crippen molar-refractivity contribution in [2.75, 3.05) is 0 Å². The molecule has 7 nitrogen and oxygen atoms in total. The van der Waals surface area contributed by atoms with E-state index in [-0.39, 0.29) is 11.3 Å². The number of nitro benzene ring substituents is 1. The van der Waals surface area contributed by atoms with Gasteiger partial charge in [-0.25, -0.2) is 4.79 Å². The van der Waals surface area contributed by atoms with E-state index in [0.717, 1.165) is 12.5 Å². The summed E-state index contributed by atoms with van der Waals surface area (Å²) < 4.78 is 0.384. The molecule has 2 rings (SSSR count). The molecule has 0 unspecified atom stereocenters. The highest BCUT2D eigenvalue weighted by molar-refractivity contribution is 9.10. The van der Waals surface area contributed by atoms with Crippen LogP contribution in [-0.2, 0) is 4.79 Å². The molecule has 8 heteroatoms. The van der Waals surface area contributed by atoms with Crippen LogP contribution in [-0.4, -0.2) is 27.4 Å². The number of benzene rings is 1. The van der Waals surface area contributed by atoms with E-state index in [9.17, 15) is 19.7 Å². The Bertz CT molecular complexity index is 598. The minimum Gasteiger partial charge on any atom is -0.480 e. The molecule has 2 N–H and O–H groups in total. The normalized spacial score (nSPS) is 16.1. The monoisotopic (exact) mass is 342 g/mol. The van der Waals surface area contributed by atoms with Crippen molar-refractivity contribution < 1.29 is 19.6 Å². The Morgan fingerprint density at radius 3 is 2.45 bits per heavy atom. The van der Waals surface area contributed by atoms with E-state index < -0.39 is 22.3 Å². The number of halogens is 1. The molecule has 1 aromatic carbocycles. The van der Waals surface area contributed by atoms with Crippen molar-refractivity contribution in [2.24, 2.45) is 0 Å². The molecule has 1 aliphatic rings. The molecule has 1 aromatic rings. The van der Waals surface area contributed by atoms with Crippen molar-refractivity contribution in [1.29, 1.82) is 0 Å². The number of nitrogens with one attached hydrogen (secondary N) is 1. The topological polar surface area (TPSA) is 110 Å². The molecule has 0 radical (unpaired) electrons. The van der Waals surface area contributed by atoms with Crippen LogP contribution in [0.2, 0.25) is 0 Å². The molecule has 0 spiro atoms. The molecule has 1 amide bonds. The first-order valence-electron chi connectivity index (χ1n) is 5.85. The van der Waals surface area contributed by atoms with Gasteiger partial charge in [-0.3, -0.25) is 14.9 Å². The number of carboxylic acid groups (broad SMARTS) is 1. The number of nitro groups is 1. The molecule has 1 fully saturated rings. The maximum atomic E-state index is 12.1. The highest BCUT2D eigenvalue weighted by atomic mass is 79.9. The molecule has 0 aliphatic heterocycles. The van der Waals surface area contributed by atoms with Crippen LogP contribution in [0.25, 0.3) is 0 Å². The second-order valence-corrected chi connectivity index (χ2v) is 5.57. The fraction of sp³-hybridized carbons (Fsp3) is 0.333. The lowest BCUT2D eigenvalue weighted by atomic mass is 9.76. The molecule has 0 atom stereocenters. The van der Waals surface area contributed by atoms with Crippen molar-refractivity contribution in [3.05, 3.63) is 38.3 Å². The van der Waals surface area contributed by atoms with Crippen LogP contribution in [0.4, 0.5) is 5.69 Å². The quantitative estimate of drug-likeness (QED) is 0.643. The molecule has 1 saturated carbocycles. The zero-order chi connectivity index (χ0) is 14.9. The largest absolute Gasteiger partial charge is 0.480 e. The minimum absolute atomic E-state index is 0.0543. The molecular weight excluding hydrogens is 332 g/mol. The Morgan fingerprint density at radius 1 is 1.35 bits per heavy atom. The van der Waals surface area contributed by atoms with E-state index in [1.165, 1.54) is 12.1 Å². The summed E-state index contributed by atoms with van der Waals surface area (Å²) >= 11 is 3.09. The third kappa shape index (κ3) is 2.64. The number of aliphatic carboxylic acids is 1. The lowest BCUT2D eigenvalue weighted by Gasteiger charge is -2.38. The number of carbonyl (C=O) groups excluding carboxylic acids is 1. The van der Waals surface area contributed by atoms with Gasteiger partial charge in [-0.2, -0.15) is 0 Å². The third-order valence-electron chi connectivity index (χ3n) is 3.32. The maximum absolute atomic E-state index is 12.1. The summed E-state index contributed by atoms with van der Waals surface area (Å²) in [7, 11) is 0. The number of hydrogen-bond acceptors (Lipinski definition) is 4. The van der Waals surface area contributed by atoms with E-state index in [2.05, 4.69) is 21.2 Å². The zero-order valence-corrected chi connectivity index (χ0v) is 11.8. The third-order valence-corrected chi connectivity index (χ3v) is 3.78. The fourth-order valence-electron chi connectivity index (χ4n) is 2.02. The van der Waals surface area contributed by atoms with Gasteiger partial charge in [-0.05, 0) is 25.3 Å². The number of nitrogens with zero attached hydrogens (tertiary/aromatic N) is 1. The smallest absolute Gasteiger partial charge is 0.329 e. The van der Waals surface area contributed by atoms with Crippen LogP contribution in [0.5, 0.6) is 0 Å². The first-order valence-corrected chi connectivity index (χ1v) is 6.64. The Balaban J connectivity index is 2.25. The molecular formula is C12H11BrN2O5. The van der Waals surface area contributed by atoms with Gasteiger partial charge in [0.25, 0.3) is 11.6 Å². The van der Waals surface area contributed by atoms with Crippen molar-refractivity contribution in [3.8, 4) is 0 Å². The summed E-state index contributed by atoms with van der Waals surface area (Å²) in [4.78, 5) is 33.4. The molecule has 0 heterocycles. The van der Waals surface area contributed by atoms with Crippen molar-refractivity contribution in [2.45, 2.75) is 24.8 Å². The van der Waals surface area contributed by atoms with Gasteiger partial charge >= 0.3 is 5.97 Å². The lowest BCUT2D eigenvalue weighted by Crippen LogP contribution is -2.59. The van der Waals surface area contributed by atoms with Crippen LogP contribution in [0.3, 0.4) is 0 Å². The average molecular weight is 343 g/mol. The second kappa shape index (κ2) is 5.20. The highest BCUT2D eigenvalue weighted by Crippen LogP contribution is 2.32. The maximum Gasteiger partial charge on any atom is 0.329 e. The predicted octanol–water partition coefficient (Wildman–Crippen LogP) is 2.09. The first kappa shape index (κ1) is 14.4. The van der Waals surface area contributed by atoms with Gasteiger partial charge in [-0.1, -0.05) is 15.9 Å². The van der Waals surface area contributed by atoms with Crippen molar-refractivity contribution in [3.63, 3.8) is 0 Å². The molecule has 0 aromatic heterocycles. The van der Waals surface area contributed by atoms with Crippen molar-refractivity contribution >= 4 is 33.5 Å². The number of hydrogen-bond donors (Lipinski definition) is 2. The number of carbonyl (C=O) groups is 2. The Kier molecular flexibility index (Phi) is 3.76. The van der Waals surface area contributed by atoms with Crippen LogP contribution in [0.15, 0.2) is 22.7 Å². The summed E-state index contributed by atoms with van der Waals surface area (Å²) in [5.74, 6) is -1.71. The van der Waals surface area contributed by atoms with Gasteiger partial charge in [0.2, 0.25) is 0 Å². The molecule has 106 valence electrons. The highest BCUT2D eigenvalue weighted by Gasteiger charge is 2.45. The molecule has 0 bridgehead atoms. The molecule has 0 saturated heterocycles. The Labute approximate surface area is 122 Å². The van der Waals surface area contributed by atoms with Crippen molar-refractivity contribution in [1.82, 2.24) is 5.32 Å². The number of non-ortho nitro benzene ring substituents is 1. The van der Waals surface area contributed by atoms with Gasteiger partial charge in [0, 0.05) is 22.2 Å². The number of amides is 1. The Hall–Kier alpha value is -1.96. The van der Waals surface area contributed by atoms with E-state index >= 15 is 0 Å². The lowest BCUT2D eigenvalue weighted by molar-refractivity contribution is -0.385. The van der Waals surface area contributed by atoms with E-state index in [0.29, 0.717) is 17.3 Å². The SMILES string of the molecule is O=C(NC1(C(=O)O)CCC1)c1cc(Br)cc([N+](=O)[O-])c1. The van der Waals surface area contributed by atoms with Gasteiger partial charge in [0.15, 0.2) is 0 Å². The van der Waals surface area contributed by atoms with Crippen LogP contribution in [0.1, 0.15) is 29.6 Å². The second-order valence-electron chi connectivity index (χ2n) is 4.65. The van der Waals surface area contributed by atoms with Gasteiger partial charge in [0.05, 0.1) is 4.92 Å². The minimum atomic E-state index is -1.24. The summed E-state index contributed by atoms with van der Waals surface area (Å²) in [6, 6.07) is 3.80. The number of carboxylic acids is 1. The standard InChI is InChI=1S/C12H11BrN2O5/c13-8-4-7(5-9(6-8)15(19)20)10(16)14-12(11(17)18)2-1-3-12/h4-6H,1-3H2,(H,14,16)(H,17,18). The average Bonchev–Trinajstić information content (AvgIpc) is 2.32. The van der Waals surface area contributed by atoms with E-state index in [1.807, 2.05) is 0 Å². The predicted molar refractivity (Wildman–Crippen MR) is 72.5 cm³/mol. The summed E-state index contributed by atoms with van der Waals surface area (Å²) in [6.07, 6.45) is 1.46. The summed E-state index contributed by atoms with van der Waals surface area (Å²) in [5, 5.41) is 22.3. The zero-order valence-electron chi connectivity index (χ0n) is 10.3. The van der Waals surface area contributed by atoms with Gasteiger partial charge in [-0.15, -0.1) is 0 Å². The Morgan fingerprint density at radius 2 is 2.00 bits per heavy atom.